The zero-order valence-electron chi connectivity index (χ0n) is 13.8. The molecule has 0 heterocycles. The summed E-state index contributed by atoms with van der Waals surface area (Å²) < 4.78 is 33.4. The predicted molar refractivity (Wildman–Crippen MR) is 100 cm³/mol. The third kappa shape index (κ3) is 4.00. The van der Waals surface area contributed by atoms with Crippen LogP contribution in [0.3, 0.4) is 0 Å². The van der Waals surface area contributed by atoms with E-state index >= 15 is 0 Å². The van der Waals surface area contributed by atoms with Crippen LogP contribution in [0, 0.1) is 0 Å². The quantitative estimate of drug-likeness (QED) is 0.707. The largest absolute Gasteiger partial charge is 0.494 e. The van der Waals surface area contributed by atoms with Crippen molar-refractivity contribution in [1.29, 1.82) is 0 Å². The van der Waals surface area contributed by atoms with Gasteiger partial charge in [0.05, 0.1) is 17.2 Å². The number of hydrogen-bond acceptors (Lipinski definition) is 3. The molecule has 128 valence electrons. The molecule has 25 heavy (non-hydrogen) atoms. The summed E-state index contributed by atoms with van der Waals surface area (Å²) in [6, 6.07) is 23.4. The van der Waals surface area contributed by atoms with Gasteiger partial charge in [-0.1, -0.05) is 48.5 Å². The Bertz CT molecular complexity index is 936. The second-order valence-corrected chi connectivity index (χ2v) is 7.10. The van der Waals surface area contributed by atoms with Crippen molar-refractivity contribution >= 4 is 15.7 Å². The van der Waals surface area contributed by atoms with E-state index in [2.05, 4.69) is 4.72 Å². The third-order valence-corrected chi connectivity index (χ3v) is 5.08. The van der Waals surface area contributed by atoms with Crippen molar-refractivity contribution in [3.8, 4) is 16.9 Å². The lowest BCUT2D eigenvalue weighted by Crippen LogP contribution is -2.13. The fourth-order valence-corrected chi connectivity index (χ4v) is 3.61. The van der Waals surface area contributed by atoms with Gasteiger partial charge in [0.2, 0.25) is 0 Å². The molecule has 0 atom stereocenters. The van der Waals surface area contributed by atoms with Gasteiger partial charge < -0.3 is 4.74 Å². The van der Waals surface area contributed by atoms with Gasteiger partial charge >= 0.3 is 0 Å². The number of benzene rings is 3. The van der Waals surface area contributed by atoms with Gasteiger partial charge in [-0.25, -0.2) is 8.42 Å². The van der Waals surface area contributed by atoms with Gasteiger partial charge in [0.15, 0.2) is 0 Å². The molecule has 0 bridgehead atoms. The van der Waals surface area contributed by atoms with Crippen LogP contribution < -0.4 is 9.46 Å². The number of hydrogen-bond donors (Lipinski definition) is 1. The van der Waals surface area contributed by atoms with Crippen molar-refractivity contribution in [3.05, 3.63) is 78.9 Å². The Labute approximate surface area is 148 Å². The highest BCUT2D eigenvalue weighted by Gasteiger charge is 2.16. The summed E-state index contributed by atoms with van der Waals surface area (Å²) in [5.74, 6) is 0.645. The molecule has 0 spiro atoms. The summed E-state index contributed by atoms with van der Waals surface area (Å²) in [5, 5.41) is 0. The Morgan fingerprint density at radius 3 is 2.16 bits per heavy atom. The highest BCUT2D eigenvalue weighted by Crippen LogP contribution is 2.29. The Balaban J connectivity index is 1.91. The van der Waals surface area contributed by atoms with E-state index in [1.165, 1.54) is 0 Å². The number of para-hydroxylation sites is 1. The van der Waals surface area contributed by atoms with Crippen molar-refractivity contribution in [2.24, 2.45) is 0 Å². The van der Waals surface area contributed by atoms with E-state index in [4.69, 9.17) is 4.74 Å². The molecule has 3 aromatic carbocycles. The first-order valence-electron chi connectivity index (χ1n) is 8.00. The lowest BCUT2D eigenvalue weighted by molar-refractivity contribution is 0.340. The van der Waals surface area contributed by atoms with Crippen LogP contribution in [-0.4, -0.2) is 15.0 Å². The summed E-state index contributed by atoms with van der Waals surface area (Å²) in [6.07, 6.45) is 0. The van der Waals surface area contributed by atoms with Gasteiger partial charge in [0.1, 0.15) is 5.75 Å². The van der Waals surface area contributed by atoms with Gasteiger partial charge in [-0.15, -0.1) is 0 Å². The highest BCUT2D eigenvalue weighted by molar-refractivity contribution is 7.92. The monoisotopic (exact) mass is 353 g/mol. The topological polar surface area (TPSA) is 55.4 Å². The summed E-state index contributed by atoms with van der Waals surface area (Å²) in [4.78, 5) is 0.193. The van der Waals surface area contributed by atoms with Crippen LogP contribution in [0.15, 0.2) is 83.8 Å². The summed E-state index contributed by atoms with van der Waals surface area (Å²) in [7, 11) is -3.68. The molecule has 0 radical (unpaired) electrons. The maximum atomic E-state index is 12.7. The van der Waals surface area contributed by atoms with Gasteiger partial charge in [0.25, 0.3) is 10.0 Å². The van der Waals surface area contributed by atoms with Crippen LogP contribution in [0.2, 0.25) is 0 Å². The van der Waals surface area contributed by atoms with Crippen LogP contribution in [-0.2, 0) is 10.0 Å². The molecule has 4 nitrogen and oxygen atoms in total. The van der Waals surface area contributed by atoms with E-state index in [0.29, 0.717) is 18.0 Å². The minimum absolute atomic E-state index is 0.193. The lowest BCUT2D eigenvalue weighted by atomic mass is 10.0. The first kappa shape index (κ1) is 17.0. The molecule has 0 saturated carbocycles. The van der Waals surface area contributed by atoms with Crippen molar-refractivity contribution in [1.82, 2.24) is 0 Å². The number of rotatable bonds is 6. The van der Waals surface area contributed by atoms with Gasteiger partial charge in [-0.2, -0.15) is 0 Å². The van der Waals surface area contributed by atoms with E-state index in [9.17, 15) is 8.42 Å². The molecule has 3 rings (SSSR count). The standard InChI is InChI=1S/C20H19NO3S/c1-2-24-17-12-14-18(15-13-17)25(22,23)21-20-11-7-6-10-19(20)16-8-4-3-5-9-16/h3-15,21H,2H2,1H3. The predicted octanol–water partition coefficient (Wildman–Crippen LogP) is 4.55. The molecule has 5 heteroatoms. The van der Waals surface area contributed by atoms with E-state index < -0.39 is 10.0 Å². The molecular weight excluding hydrogens is 334 g/mol. The molecule has 0 unspecified atom stereocenters. The fourth-order valence-electron chi connectivity index (χ4n) is 2.53. The van der Waals surface area contributed by atoms with Gasteiger partial charge in [0, 0.05) is 5.56 Å². The maximum Gasteiger partial charge on any atom is 0.261 e. The third-order valence-electron chi connectivity index (χ3n) is 3.70. The minimum atomic E-state index is -3.68. The van der Waals surface area contributed by atoms with Gasteiger partial charge in [-0.3, -0.25) is 4.72 Å². The van der Waals surface area contributed by atoms with Crippen LogP contribution >= 0.6 is 0 Å². The second-order valence-electron chi connectivity index (χ2n) is 5.42. The summed E-state index contributed by atoms with van der Waals surface area (Å²) in [6.45, 7) is 2.42. The second kappa shape index (κ2) is 7.40. The highest BCUT2D eigenvalue weighted by atomic mass is 32.2. The Morgan fingerprint density at radius 1 is 0.840 bits per heavy atom. The lowest BCUT2D eigenvalue weighted by Gasteiger charge is -2.13. The molecule has 0 aliphatic carbocycles. The first-order valence-corrected chi connectivity index (χ1v) is 9.48. The number of sulfonamides is 1. The number of nitrogens with one attached hydrogen (secondary N) is 1. The van der Waals surface area contributed by atoms with E-state index in [1.54, 1.807) is 30.3 Å². The normalized spacial score (nSPS) is 11.1. The Hall–Kier alpha value is -2.79. The van der Waals surface area contributed by atoms with Crippen molar-refractivity contribution in [3.63, 3.8) is 0 Å². The fraction of sp³-hybridized carbons (Fsp3) is 0.100. The molecule has 1 N–H and O–H groups in total. The summed E-state index contributed by atoms with van der Waals surface area (Å²) >= 11 is 0. The first-order chi connectivity index (χ1) is 12.1. The molecule has 0 amide bonds. The number of anilines is 1. The van der Waals surface area contributed by atoms with E-state index in [1.807, 2.05) is 55.5 Å². The van der Waals surface area contributed by atoms with Crippen molar-refractivity contribution in [2.45, 2.75) is 11.8 Å². The van der Waals surface area contributed by atoms with Crippen LogP contribution in [0.5, 0.6) is 5.75 Å². The van der Waals surface area contributed by atoms with Crippen LogP contribution in [0.4, 0.5) is 5.69 Å². The maximum absolute atomic E-state index is 12.7. The minimum Gasteiger partial charge on any atom is -0.494 e. The van der Waals surface area contributed by atoms with E-state index in [0.717, 1.165) is 11.1 Å². The van der Waals surface area contributed by atoms with E-state index in [-0.39, 0.29) is 4.90 Å². The van der Waals surface area contributed by atoms with Crippen LogP contribution in [0.25, 0.3) is 11.1 Å². The van der Waals surface area contributed by atoms with Gasteiger partial charge in [-0.05, 0) is 42.8 Å². The Morgan fingerprint density at radius 2 is 1.48 bits per heavy atom. The molecule has 0 aromatic heterocycles. The zero-order valence-corrected chi connectivity index (χ0v) is 14.7. The van der Waals surface area contributed by atoms with Crippen molar-refractivity contribution < 1.29 is 13.2 Å². The zero-order chi connectivity index (χ0) is 17.7. The smallest absolute Gasteiger partial charge is 0.261 e. The molecule has 0 aliphatic heterocycles. The average Bonchev–Trinajstić information content (AvgIpc) is 2.63. The van der Waals surface area contributed by atoms with Crippen LogP contribution in [0.1, 0.15) is 6.92 Å². The molecular formula is C20H19NO3S. The molecule has 3 aromatic rings. The number of ether oxygens (including phenoxy) is 1. The SMILES string of the molecule is CCOc1ccc(S(=O)(=O)Nc2ccccc2-c2ccccc2)cc1. The molecule has 0 fully saturated rings. The summed E-state index contributed by atoms with van der Waals surface area (Å²) in [5.41, 5.74) is 2.33. The average molecular weight is 353 g/mol. The van der Waals surface area contributed by atoms with Crippen molar-refractivity contribution in [2.75, 3.05) is 11.3 Å². The molecule has 0 aliphatic rings. The Kier molecular flexibility index (Phi) is 5.05. The molecule has 0 saturated heterocycles.